The first-order chi connectivity index (χ1) is 12.2. The Balaban J connectivity index is 1.64. The minimum Gasteiger partial charge on any atom is -0.493 e. The van der Waals surface area contributed by atoms with Crippen molar-refractivity contribution in [3.63, 3.8) is 0 Å². The van der Waals surface area contributed by atoms with Crippen molar-refractivity contribution in [3.8, 4) is 11.5 Å². The van der Waals surface area contributed by atoms with Gasteiger partial charge in [0.2, 0.25) is 6.10 Å². The van der Waals surface area contributed by atoms with Crippen molar-refractivity contribution in [3.05, 3.63) is 59.7 Å². The molecule has 0 saturated carbocycles. The molecule has 2 aromatic rings. The van der Waals surface area contributed by atoms with Gasteiger partial charge < -0.3 is 19.6 Å². The molecule has 1 atom stereocenters. The zero-order valence-electron chi connectivity index (χ0n) is 14.2. The molecule has 0 bridgehead atoms. The van der Waals surface area contributed by atoms with Crippen LogP contribution in [0.5, 0.6) is 11.5 Å². The minimum atomic E-state index is -0.644. The molecule has 130 valence electrons. The zero-order valence-corrected chi connectivity index (χ0v) is 14.2. The summed E-state index contributed by atoms with van der Waals surface area (Å²) >= 11 is 0. The van der Waals surface area contributed by atoms with Crippen molar-refractivity contribution < 1.29 is 19.1 Å². The van der Waals surface area contributed by atoms with E-state index in [9.17, 15) is 4.79 Å². The van der Waals surface area contributed by atoms with Gasteiger partial charge in [0.1, 0.15) is 0 Å². The molecule has 0 saturated heterocycles. The molecule has 1 aliphatic heterocycles. The standard InChI is InChI=1S/C19H20N2O4/c1-23-16-10-6-9-14(18(16)24-2)15-11-17(25-21-15)19(22)20-12-13-7-4-3-5-8-13/h3-10,17H,11-12H2,1-2H3,(H,20,22). The molecule has 6 nitrogen and oxygen atoms in total. The Hall–Kier alpha value is -3.02. The Morgan fingerprint density at radius 1 is 1.16 bits per heavy atom. The van der Waals surface area contributed by atoms with E-state index in [1.165, 1.54) is 0 Å². The topological polar surface area (TPSA) is 69.2 Å². The van der Waals surface area contributed by atoms with Crippen molar-refractivity contribution in [2.45, 2.75) is 19.1 Å². The van der Waals surface area contributed by atoms with E-state index in [1.807, 2.05) is 48.5 Å². The molecule has 0 fully saturated rings. The quantitative estimate of drug-likeness (QED) is 0.877. The number of nitrogens with one attached hydrogen (secondary N) is 1. The fourth-order valence-corrected chi connectivity index (χ4v) is 2.69. The number of hydrogen-bond donors (Lipinski definition) is 1. The van der Waals surface area contributed by atoms with Gasteiger partial charge in [0.15, 0.2) is 11.5 Å². The molecule has 1 amide bonds. The maximum atomic E-state index is 12.3. The van der Waals surface area contributed by atoms with Gasteiger partial charge in [-0.2, -0.15) is 0 Å². The molecular weight excluding hydrogens is 320 g/mol. The van der Waals surface area contributed by atoms with E-state index in [0.29, 0.717) is 30.2 Å². The van der Waals surface area contributed by atoms with Crippen LogP contribution in [0.3, 0.4) is 0 Å². The smallest absolute Gasteiger partial charge is 0.264 e. The molecule has 1 aliphatic rings. The lowest BCUT2D eigenvalue weighted by Gasteiger charge is -2.12. The number of hydrogen-bond acceptors (Lipinski definition) is 5. The summed E-state index contributed by atoms with van der Waals surface area (Å²) in [6.45, 7) is 0.456. The predicted molar refractivity (Wildman–Crippen MR) is 93.9 cm³/mol. The Bertz CT molecular complexity index is 774. The Morgan fingerprint density at radius 2 is 1.96 bits per heavy atom. The van der Waals surface area contributed by atoms with Crippen LogP contribution >= 0.6 is 0 Å². The third kappa shape index (κ3) is 3.74. The van der Waals surface area contributed by atoms with Crippen LogP contribution in [-0.4, -0.2) is 31.9 Å². The summed E-state index contributed by atoms with van der Waals surface area (Å²) < 4.78 is 10.7. The summed E-state index contributed by atoms with van der Waals surface area (Å²) in [7, 11) is 3.15. The zero-order chi connectivity index (χ0) is 17.6. The summed E-state index contributed by atoms with van der Waals surface area (Å²) in [6, 6.07) is 15.2. The van der Waals surface area contributed by atoms with Crippen molar-refractivity contribution in [1.29, 1.82) is 0 Å². The highest BCUT2D eigenvalue weighted by molar-refractivity contribution is 6.06. The van der Waals surface area contributed by atoms with E-state index in [4.69, 9.17) is 14.3 Å². The molecule has 6 heteroatoms. The van der Waals surface area contributed by atoms with Gasteiger partial charge in [-0.05, 0) is 17.7 Å². The van der Waals surface area contributed by atoms with Gasteiger partial charge in [-0.1, -0.05) is 41.6 Å². The molecule has 1 N–H and O–H groups in total. The first-order valence-electron chi connectivity index (χ1n) is 7.98. The number of ether oxygens (including phenoxy) is 2. The second kappa shape index (κ2) is 7.70. The molecule has 0 aliphatic carbocycles. The minimum absolute atomic E-state index is 0.190. The molecule has 3 rings (SSSR count). The number of oxime groups is 1. The highest BCUT2D eigenvalue weighted by Gasteiger charge is 2.30. The number of para-hydroxylation sites is 1. The summed E-state index contributed by atoms with van der Waals surface area (Å²) in [4.78, 5) is 17.6. The molecule has 1 unspecified atom stereocenters. The van der Waals surface area contributed by atoms with E-state index in [0.717, 1.165) is 11.1 Å². The average Bonchev–Trinajstić information content (AvgIpc) is 3.16. The highest BCUT2D eigenvalue weighted by Crippen LogP contribution is 2.33. The molecule has 0 aromatic heterocycles. The average molecular weight is 340 g/mol. The van der Waals surface area contributed by atoms with E-state index in [-0.39, 0.29) is 5.91 Å². The number of benzene rings is 2. The lowest BCUT2D eigenvalue weighted by atomic mass is 10.0. The monoisotopic (exact) mass is 340 g/mol. The van der Waals surface area contributed by atoms with Crippen LogP contribution in [0.4, 0.5) is 0 Å². The van der Waals surface area contributed by atoms with Crippen molar-refractivity contribution in [1.82, 2.24) is 5.32 Å². The predicted octanol–water partition coefficient (Wildman–Crippen LogP) is 2.51. The molecule has 0 spiro atoms. The number of rotatable bonds is 6. The Labute approximate surface area is 146 Å². The van der Waals surface area contributed by atoms with E-state index in [1.54, 1.807) is 14.2 Å². The molecule has 0 radical (unpaired) electrons. The number of carbonyl (C=O) groups excluding carboxylic acids is 1. The number of amides is 1. The van der Waals surface area contributed by atoms with E-state index >= 15 is 0 Å². The van der Waals surface area contributed by atoms with E-state index < -0.39 is 6.10 Å². The summed E-state index contributed by atoms with van der Waals surface area (Å²) in [5.41, 5.74) is 2.46. The molecular formula is C19H20N2O4. The third-order valence-electron chi connectivity index (χ3n) is 3.98. The summed E-state index contributed by atoms with van der Waals surface area (Å²) in [5.74, 6) is 1.00. The van der Waals surface area contributed by atoms with Crippen LogP contribution in [0.25, 0.3) is 0 Å². The van der Waals surface area contributed by atoms with Gasteiger partial charge in [0.25, 0.3) is 5.91 Å². The normalized spacial score (nSPS) is 15.9. The van der Waals surface area contributed by atoms with Crippen LogP contribution < -0.4 is 14.8 Å². The van der Waals surface area contributed by atoms with Crippen molar-refractivity contribution >= 4 is 11.6 Å². The van der Waals surface area contributed by atoms with Crippen molar-refractivity contribution in [2.75, 3.05) is 14.2 Å². The SMILES string of the molecule is COc1cccc(C2=NOC(C(=O)NCc3ccccc3)C2)c1OC. The summed E-state index contributed by atoms with van der Waals surface area (Å²) in [6.07, 6.45) is -0.265. The lowest BCUT2D eigenvalue weighted by molar-refractivity contribution is -0.131. The number of carbonyl (C=O) groups is 1. The van der Waals surface area contributed by atoms with Gasteiger partial charge in [0.05, 0.1) is 19.9 Å². The van der Waals surface area contributed by atoms with Gasteiger partial charge in [-0.25, -0.2) is 0 Å². The fourth-order valence-electron chi connectivity index (χ4n) is 2.69. The fraction of sp³-hybridized carbons (Fsp3) is 0.263. The van der Waals surface area contributed by atoms with Gasteiger partial charge in [-0.15, -0.1) is 0 Å². The second-order valence-corrected chi connectivity index (χ2v) is 5.58. The second-order valence-electron chi connectivity index (χ2n) is 5.58. The van der Waals surface area contributed by atoms with Crippen LogP contribution in [0.1, 0.15) is 17.5 Å². The Kier molecular flexibility index (Phi) is 5.18. The largest absolute Gasteiger partial charge is 0.493 e. The number of methoxy groups -OCH3 is 2. The van der Waals surface area contributed by atoms with Crippen molar-refractivity contribution in [2.24, 2.45) is 5.16 Å². The third-order valence-corrected chi connectivity index (χ3v) is 3.98. The van der Waals surface area contributed by atoms with Crippen LogP contribution in [0.2, 0.25) is 0 Å². The molecule has 1 heterocycles. The van der Waals surface area contributed by atoms with Crippen LogP contribution in [0.15, 0.2) is 53.7 Å². The van der Waals surface area contributed by atoms with Gasteiger partial charge in [0, 0.05) is 18.5 Å². The first kappa shape index (κ1) is 16.8. The van der Waals surface area contributed by atoms with Crippen LogP contribution in [0, 0.1) is 0 Å². The molecule has 2 aromatic carbocycles. The first-order valence-corrected chi connectivity index (χ1v) is 7.98. The maximum Gasteiger partial charge on any atom is 0.264 e. The summed E-state index contributed by atoms with van der Waals surface area (Å²) in [5, 5.41) is 6.94. The molecule has 25 heavy (non-hydrogen) atoms. The van der Waals surface area contributed by atoms with E-state index in [2.05, 4.69) is 10.5 Å². The number of nitrogens with zero attached hydrogens (tertiary/aromatic N) is 1. The maximum absolute atomic E-state index is 12.3. The van der Waals surface area contributed by atoms with Gasteiger partial charge >= 0.3 is 0 Å². The van der Waals surface area contributed by atoms with Gasteiger partial charge in [-0.3, -0.25) is 4.79 Å². The van der Waals surface area contributed by atoms with Crippen LogP contribution in [-0.2, 0) is 16.2 Å². The highest BCUT2D eigenvalue weighted by atomic mass is 16.6. The Morgan fingerprint density at radius 3 is 2.68 bits per heavy atom. The lowest BCUT2D eigenvalue weighted by Crippen LogP contribution is -2.34.